The molecule has 0 fully saturated rings. The lowest BCUT2D eigenvalue weighted by Gasteiger charge is -2.09. The fraction of sp³-hybridized carbons (Fsp3) is 0.0667. The van der Waals surface area contributed by atoms with E-state index < -0.39 is 0 Å². The first kappa shape index (κ1) is 11.3. The number of anilines is 1. The molecule has 2 aromatic carbocycles. The van der Waals surface area contributed by atoms with Crippen molar-refractivity contribution in [3.8, 4) is 0 Å². The lowest BCUT2D eigenvalue weighted by atomic mass is 10.0. The van der Waals surface area contributed by atoms with Gasteiger partial charge in [0.2, 0.25) is 0 Å². The maximum Gasteiger partial charge on any atom is 0.128 e. The van der Waals surface area contributed by atoms with Crippen molar-refractivity contribution < 1.29 is 5.11 Å². The molecule has 0 spiro atoms. The molecule has 0 aliphatic rings. The highest BCUT2D eigenvalue weighted by Gasteiger charge is 2.08. The standard InChI is InChI=1S/C15H15NO/c1-11(12-7-3-2-4-8-12)15(17)13-9-5-6-10-14(13)16/h2-10,17H,16H2,1H3/b15-11-. The average molecular weight is 225 g/mol. The van der Waals surface area contributed by atoms with Gasteiger partial charge in [0, 0.05) is 11.3 Å². The second kappa shape index (κ2) is 4.74. The van der Waals surface area contributed by atoms with Crippen LogP contribution in [0.25, 0.3) is 11.3 Å². The van der Waals surface area contributed by atoms with Crippen LogP contribution in [-0.2, 0) is 0 Å². The number of hydrogen-bond donors (Lipinski definition) is 2. The number of nitrogen functional groups attached to an aromatic ring is 1. The van der Waals surface area contributed by atoms with Crippen LogP contribution in [0.4, 0.5) is 5.69 Å². The highest BCUT2D eigenvalue weighted by Crippen LogP contribution is 2.26. The molecule has 0 saturated carbocycles. The number of aliphatic hydroxyl groups excluding tert-OH is 1. The second-order valence-corrected chi connectivity index (χ2v) is 3.93. The van der Waals surface area contributed by atoms with Crippen molar-refractivity contribution in [3.05, 3.63) is 65.7 Å². The number of allylic oxidation sites excluding steroid dienone is 1. The molecular formula is C15H15NO. The molecule has 0 aliphatic carbocycles. The molecule has 2 nitrogen and oxygen atoms in total. The molecule has 86 valence electrons. The summed E-state index contributed by atoms with van der Waals surface area (Å²) in [6.45, 7) is 1.89. The van der Waals surface area contributed by atoms with Gasteiger partial charge in [-0.3, -0.25) is 0 Å². The van der Waals surface area contributed by atoms with Crippen molar-refractivity contribution in [2.45, 2.75) is 6.92 Å². The molecule has 0 amide bonds. The molecule has 0 heterocycles. The van der Waals surface area contributed by atoms with E-state index in [4.69, 9.17) is 5.73 Å². The van der Waals surface area contributed by atoms with Gasteiger partial charge in [0.1, 0.15) is 5.76 Å². The van der Waals surface area contributed by atoms with Crippen molar-refractivity contribution in [3.63, 3.8) is 0 Å². The summed E-state index contributed by atoms with van der Waals surface area (Å²) in [6.07, 6.45) is 0. The van der Waals surface area contributed by atoms with Gasteiger partial charge in [0.15, 0.2) is 0 Å². The van der Waals surface area contributed by atoms with Crippen LogP contribution in [0.15, 0.2) is 54.6 Å². The van der Waals surface area contributed by atoms with Crippen LogP contribution in [0, 0.1) is 0 Å². The smallest absolute Gasteiger partial charge is 0.128 e. The predicted octanol–water partition coefficient (Wildman–Crippen LogP) is 3.72. The summed E-state index contributed by atoms with van der Waals surface area (Å²) in [7, 11) is 0. The Bertz CT molecular complexity index is 544. The van der Waals surface area contributed by atoms with Crippen LogP contribution >= 0.6 is 0 Å². The van der Waals surface area contributed by atoms with Gasteiger partial charge in [0.05, 0.1) is 0 Å². The minimum absolute atomic E-state index is 0.231. The normalized spacial score (nSPS) is 12.1. The van der Waals surface area contributed by atoms with Gasteiger partial charge in [-0.25, -0.2) is 0 Å². The summed E-state index contributed by atoms with van der Waals surface area (Å²) >= 11 is 0. The molecular weight excluding hydrogens is 210 g/mol. The number of hydrogen-bond acceptors (Lipinski definition) is 2. The quantitative estimate of drug-likeness (QED) is 0.465. The van der Waals surface area contributed by atoms with Crippen molar-refractivity contribution in [1.82, 2.24) is 0 Å². The van der Waals surface area contributed by atoms with Gasteiger partial charge in [-0.1, -0.05) is 42.5 Å². The maximum absolute atomic E-state index is 10.2. The molecule has 2 rings (SSSR count). The third-order valence-corrected chi connectivity index (χ3v) is 2.78. The summed E-state index contributed by atoms with van der Waals surface area (Å²) in [5, 5.41) is 10.2. The van der Waals surface area contributed by atoms with E-state index in [1.165, 1.54) is 0 Å². The summed E-state index contributed by atoms with van der Waals surface area (Å²) in [6, 6.07) is 17.1. The molecule has 0 unspecified atom stereocenters. The van der Waals surface area contributed by atoms with E-state index in [2.05, 4.69) is 0 Å². The Labute approximate surface area is 101 Å². The van der Waals surface area contributed by atoms with Crippen molar-refractivity contribution in [2.75, 3.05) is 5.73 Å². The molecule has 0 aliphatic heterocycles. The van der Waals surface area contributed by atoms with E-state index >= 15 is 0 Å². The Morgan fingerprint density at radius 1 is 0.941 bits per heavy atom. The number of aliphatic hydroxyl groups is 1. The summed E-state index contributed by atoms with van der Waals surface area (Å²) in [5.41, 5.74) is 8.92. The van der Waals surface area contributed by atoms with Crippen LogP contribution < -0.4 is 5.73 Å². The molecule has 3 N–H and O–H groups in total. The second-order valence-electron chi connectivity index (χ2n) is 3.93. The zero-order chi connectivity index (χ0) is 12.3. The van der Waals surface area contributed by atoms with E-state index in [1.54, 1.807) is 6.07 Å². The third-order valence-electron chi connectivity index (χ3n) is 2.78. The number of benzene rings is 2. The zero-order valence-electron chi connectivity index (χ0n) is 9.72. The van der Waals surface area contributed by atoms with Crippen molar-refractivity contribution >= 4 is 17.0 Å². The van der Waals surface area contributed by atoms with Crippen LogP contribution in [-0.4, -0.2) is 5.11 Å². The molecule has 0 aromatic heterocycles. The maximum atomic E-state index is 10.2. The minimum Gasteiger partial charge on any atom is -0.507 e. The predicted molar refractivity (Wildman–Crippen MR) is 72.4 cm³/mol. The minimum atomic E-state index is 0.231. The van der Waals surface area contributed by atoms with E-state index in [9.17, 15) is 5.11 Å². The first-order valence-electron chi connectivity index (χ1n) is 5.50. The van der Waals surface area contributed by atoms with Crippen LogP contribution in [0.5, 0.6) is 0 Å². The summed E-state index contributed by atoms with van der Waals surface area (Å²) in [4.78, 5) is 0. The number of nitrogens with two attached hydrogens (primary N) is 1. The lowest BCUT2D eigenvalue weighted by Crippen LogP contribution is -1.95. The van der Waals surface area contributed by atoms with Gasteiger partial charge >= 0.3 is 0 Å². The highest BCUT2D eigenvalue weighted by molar-refractivity contribution is 5.88. The first-order chi connectivity index (χ1) is 8.20. The Morgan fingerprint density at radius 3 is 2.18 bits per heavy atom. The van der Waals surface area contributed by atoms with Gasteiger partial charge in [-0.2, -0.15) is 0 Å². The van der Waals surface area contributed by atoms with E-state index in [0.29, 0.717) is 11.3 Å². The molecule has 0 saturated heterocycles. The largest absolute Gasteiger partial charge is 0.507 e. The Kier molecular flexibility index (Phi) is 3.15. The van der Waals surface area contributed by atoms with E-state index in [0.717, 1.165) is 11.1 Å². The molecule has 0 bridgehead atoms. The monoisotopic (exact) mass is 225 g/mol. The van der Waals surface area contributed by atoms with Gasteiger partial charge in [-0.05, 0) is 30.2 Å². The molecule has 2 aromatic rings. The zero-order valence-corrected chi connectivity index (χ0v) is 9.72. The molecule has 0 radical (unpaired) electrons. The first-order valence-corrected chi connectivity index (χ1v) is 5.50. The average Bonchev–Trinajstić information content (AvgIpc) is 2.39. The van der Waals surface area contributed by atoms with Crippen molar-refractivity contribution in [1.29, 1.82) is 0 Å². The number of para-hydroxylation sites is 1. The van der Waals surface area contributed by atoms with Crippen molar-refractivity contribution in [2.24, 2.45) is 0 Å². The van der Waals surface area contributed by atoms with Gasteiger partial charge in [-0.15, -0.1) is 0 Å². The van der Waals surface area contributed by atoms with Crippen LogP contribution in [0.2, 0.25) is 0 Å². The third kappa shape index (κ3) is 2.31. The van der Waals surface area contributed by atoms with E-state index in [1.807, 2.05) is 55.5 Å². The summed E-state index contributed by atoms with van der Waals surface area (Å²) in [5.74, 6) is 0.231. The van der Waals surface area contributed by atoms with Gasteiger partial charge in [0.25, 0.3) is 0 Å². The van der Waals surface area contributed by atoms with Gasteiger partial charge < -0.3 is 10.8 Å². The topological polar surface area (TPSA) is 46.2 Å². The SMILES string of the molecule is C/C(=C(/O)c1ccccc1N)c1ccccc1. The molecule has 17 heavy (non-hydrogen) atoms. The highest BCUT2D eigenvalue weighted by atomic mass is 16.3. The Morgan fingerprint density at radius 2 is 1.53 bits per heavy atom. The molecule has 2 heteroatoms. The number of rotatable bonds is 2. The Balaban J connectivity index is 2.50. The Hall–Kier alpha value is -2.22. The fourth-order valence-corrected chi connectivity index (χ4v) is 1.74. The summed E-state index contributed by atoms with van der Waals surface area (Å²) < 4.78 is 0. The molecule has 0 atom stereocenters. The fourth-order valence-electron chi connectivity index (χ4n) is 1.74. The van der Waals surface area contributed by atoms with Crippen LogP contribution in [0.1, 0.15) is 18.1 Å². The van der Waals surface area contributed by atoms with E-state index in [-0.39, 0.29) is 5.76 Å². The lowest BCUT2D eigenvalue weighted by molar-refractivity contribution is 0.513. The van der Waals surface area contributed by atoms with Crippen LogP contribution in [0.3, 0.4) is 0 Å².